The third-order valence-electron chi connectivity index (χ3n) is 1.30. The van der Waals surface area contributed by atoms with Crippen molar-refractivity contribution >= 4 is 15.9 Å². The molecule has 0 radical (unpaired) electrons. The molecule has 0 bridgehead atoms. The van der Waals surface area contributed by atoms with Crippen LogP contribution in [0.4, 0.5) is 4.39 Å². The van der Waals surface area contributed by atoms with Crippen molar-refractivity contribution in [3.8, 4) is 11.5 Å². The monoisotopic (exact) mass is 234 g/mol. The molecular formula is C8H8BrFO2. The average molecular weight is 235 g/mol. The van der Waals surface area contributed by atoms with Crippen LogP contribution in [0.5, 0.6) is 11.5 Å². The predicted octanol–water partition coefficient (Wildman–Crippen LogP) is 2.69. The van der Waals surface area contributed by atoms with Gasteiger partial charge in [-0.2, -0.15) is 0 Å². The summed E-state index contributed by atoms with van der Waals surface area (Å²) in [5.74, 6) is -0.403. The maximum atomic E-state index is 12.7. The van der Waals surface area contributed by atoms with E-state index in [4.69, 9.17) is 9.84 Å². The molecule has 0 atom stereocenters. The molecule has 0 unspecified atom stereocenters. The minimum absolute atomic E-state index is 0.183. The summed E-state index contributed by atoms with van der Waals surface area (Å²) in [4.78, 5) is 0. The smallest absolute Gasteiger partial charge is 0.162 e. The summed E-state index contributed by atoms with van der Waals surface area (Å²) in [5, 5.41) is 9.16. The first-order chi connectivity index (χ1) is 5.65. The fraction of sp³-hybridized carbons (Fsp3) is 0.250. The number of phenolic OH excluding ortho intramolecular Hbond substituents is 1. The molecule has 0 saturated carbocycles. The molecule has 12 heavy (non-hydrogen) atoms. The van der Waals surface area contributed by atoms with E-state index in [1.807, 2.05) is 0 Å². The van der Waals surface area contributed by atoms with Crippen molar-refractivity contribution in [3.63, 3.8) is 0 Å². The Kier molecular flexibility index (Phi) is 2.92. The second-order valence-corrected chi connectivity index (χ2v) is 3.02. The summed E-state index contributed by atoms with van der Waals surface area (Å²) in [5.41, 5.74) is 0. The molecule has 1 aromatic rings. The molecule has 0 aliphatic rings. The predicted molar refractivity (Wildman–Crippen MR) is 46.9 cm³/mol. The molecule has 1 N–H and O–H groups in total. The zero-order valence-electron chi connectivity index (χ0n) is 6.47. The lowest BCUT2D eigenvalue weighted by Crippen LogP contribution is -1.92. The van der Waals surface area contributed by atoms with Crippen LogP contribution in [0.1, 0.15) is 6.92 Å². The lowest BCUT2D eigenvalue weighted by molar-refractivity contribution is 0.316. The number of ether oxygens (including phenoxy) is 1. The van der Waals surface area contributed by atoms with Crippen molar-refractivity contribution in [1.82, 2.24) is 0 Å². The Morgan fingerprint density at radius 2 is 2.25 bits per heavy atom. The van der Waals surface area contributed by atoms with E-state index in [-0.39, 0.29) is 16.0 Å². The van der Waals surface area contributed by atoms with Gasteiger partial charge in [-0.1, -0.05) is 0 Å². The highest BCUT2D eigenvalue weighted by Crippen LogP contribution is 2.31. The molecule has 1 rings (SSSR count). The van der Waals surface area contributed by atoms with Crippen molar-refractivity contribution in [2.75, 3.05) is 6.61 Å². The van der Waals surface area contributed by atoms with Gasteiger partial charge in [-0.15, -0.1) is 0 Å². The number of benzene rings is 1. The molecule has 0 amide bonds. The highest BCUT2D eigenvalue weighted by Gasteiger charge is 2.07. The summed E-state index contributed by atoms with van der Waals surface area (Å²) >= 11 is 2.98. The van der Waals surface area contributed by atoms with E-state index in [2.05, 4.69) is 15.9 Å². The fourth-order valence-electron chi connectivity index (χ4n) is 0.789. The first-order valence-corrected chi connectivity index (χ1v) is 4.25. The molecule has 0 aliphatic heterocycles. The number of phenols is 1. The molecule has 0 fully saturated rings. The maximum Gasteiger partial charge on any atom is 0.162 e. The van der Waals surface area contributed by atoms with Crippen LogP contribution in [0.25, 0.3) is 0 Å². The van der Waals surface area contributed by atoms with Gasteiger partial charge in [0.1, 0.15) is 5.82 Å². The normalized spacial score (nSPS) is 9.92. The molecule has 4 heteroatoms. The van der Waals surface area contributed by atoms with Gasteiger partial charge in [-0.25, -0.2) is 4.39 Å². The third-order valence-corrected chi connectivity index (χ3v) is 1.91. The van der Waals surface area contributed by atoms with Crippen molar-refractivity contribution in [2.24, 2.45) is 0 Å². The second-order valence-electron chi connectivity index (χ2n) is 2.17. The van der Waals surface area contributed by atoms with Crippen LogP contribution in [-0.4, -0.2) is 11.7 Å². The Morgan fingerprint density at radius 1 is 1.58 bits per heavy atom. The zero-order chi connectivity index (χ0) is 9.14. The van der Waals surface area contributed by atoms with Crippen LogP contribution in [-0.2, 0) is 0 Å². The van der Waals surface area contributed by atoms with Crippen molar-refractivity contribution < 1.29 is 14.2 Å². The SMILES string of the molecule is CCOc1cc(Br)c(F)cc1O. The van der Waals surface area contributed by atoms with Gasteiger partial charge in [0.15, 0.2) is 11.5 Å². The number of hydrogen-bond acceptors (Lipinski definition) is 2. The standard InChI is InChI=1S/C8H8BrFO2/c1-2-12-8-3-5(9)6(10)4-7(8)11/h3-4,11H,2H2,1H3. The fourth-order valence-corrected chi connectivity index (χ4v) is 1.11. The van der Waals surface area contributed by atoms with Crippen LogP contribution in [0.15, 0.2) is 16.6 Å². The molecule has 1 aromatic carbocycles. The summed E-state index contributed by atoms with van der Waals surface area (Å²) < 4.78 is 18.0. The van der Waals surface area contributed by atoms with Crippen LogP contribution < -0.4 is 4.74 Å². The first-order valence-electron chi connectivity index (χ1n) is 3.46. The molecule has 0 saturated heterocycles. The van der Waals surface area contributed by atoms with Gasteiger partial charge < -0.3 is 9.84 Å². The van der Waals surface area contributed by atoms with Gasteiger partial charge >= 0.3 is 0 Å². The third kappa shape index (κ3) is 1.88. The van der Waals surface area contributed by atoms with E-state index in [1.54, 1.807) is 6.92 Å². The van der Waals surface area contributed by atoms with Gasteiger partial charge in [-0.3, -0.25) is 0 Å². The first kappa shape index (κ1) is 9.32. The second kappa shape index (κ2) is 3.76. The van der Waals surface area contributed by atoms with E-state index in [0.717, 1.165) is 6.07 Å². The van der Waals surface area contributed by atoms with Crippen molar-refractivity contribution in [3.05, 3.63) is 22.4 Å². The largest absolute Gasteiger partial charge is 0.504 e. The van der Waals surface area contributed by atoms with Crippen LogP contribution in [0.2, 0.25) is 0 Å². The van der Waals surface area contributed by atoms with Gasteiger partial charge in [0, 0.05) is 12.1 Å². The highest BCUT2D eigenvalue weighted by molar-refractivity contribution is 9.10. The Hall–Kier alpha value is -0.770. The lowest BCUT2D eigenvalue weighted by Gasteiger charge is -2.05. The number of halogens is 2. The molecule has 0 heterocycles. The van der Waals surface area contributed by atoms with E-state index in [1.165, 1.54) is 6.07 Å². The molecule has 0 aromatic heterocycles. The summed E-state index contributed by atoms with van der Waals surface area (Å²) in [6.07, 6.45) is 0. The van der Waals surface area contributed by atoms with Gasteiger partial charge in [0.2, 0.25) is 0 Å². The average Bonchev–Trinajstić information content (AvgIpc) is 2.01. The molecule has 0 spiro atoms. The molecule has 2 nitrogen and oxygen atoms in total. The van der Waals surface area contributed by atoms with Gasteiger partial charge in [0.25, 0.3) is 0 Å². The van der Waals surface area contributed by atoms with E-state index in [0.29, 0.717) is 6.61 Å². The molecule has 0 aliphatic carbocycles. The minimum Gasteiger partial charge on any atom is -0.504 e. The van der Waals surface area contributed by atoms with Crippen LogP contribution in [0.3, 0.4) is 0 Å². The minimum atomic E-state index is -0.504. The van der Waals surface area contributed by atoms with E-state index >= 15 is 0 Å². The zero-order valence-corrected chi connectivity index (χ0v) is 8.06. The van der Waals surface area contributed by atoms with E-state index in [9.17, 15) is 4.39 Å². The molecular weight excluding hydrogens is 227 g/mol. The Morgan fingerprint density at radius 3 is 2.83 bits per heavy atom. The number of rotatable bonds is 2. The highest BCUT2D eigenvalue weighted by atomic mass is 79.9. The Balaban J connectivity index is 3.05. The van der Waals surface area contributed by atoms with Crippen LogP contribution >= 0.6 is 15.9 Å². The van der Waals surface area contributed by atoms with Crippen LogP contribution in [0, 0.1) is 5.82 Å². The molecule has 66 valence electrons. The summed E-state index contributed by atoms with van der Waals surface area (Å²) in [7, 11) is 0. The van der Waals surface area contributed by atoms with Crippen molar-refractivity contribution in [1.29, 1.82) is 0 Å². The topological polar surface area (TPSA) is 29.5 Å². The lowest BCUT2D eigenvalue weighted by atomic mass is 10.3. The summed E-state index contributed by atoms with van der Waals surface area (Å²) in [6.45, 7) is 2.22. The van der Waals surface area contributed by atoms with E-state index < -0.39 is 5.82 Å². The summed E-state index contributed by atoms with van der Waals surface area (Å²) in [6, 6.07) is 2.41. The van der Waals surface area contributed by atoms with Crippen molar-refractivity contribution in [2.45, 2.75) is 6.92 Å². The quantitative estimate of drug-likeness (QED) is 0.853. The van der Waals surface area contributed by atoms with Gasteiger partial charge in [-0.05, 0) is 22.9 Å². The Labute approximate surface area is 78.1 Å². The maximum absolute atomic E-state index is 12.7. The number of hydrogen-bond donors (Lipinski definition) is 1. The number of aromatic hydroxyl groups is 1. The Bertz CT molecular complexity index is 289. The van der Waals surface area contributed by atoms with Gasteiger partial charge in [0.05, 0.1) is 11.1 Å².